The van der Waals surface area contributed by atoms with Gasteiger partial charge in [0.15, 0.2) is 0 Å². The first-order chi connectivity index (χ1) is 10.6. The van der Waals surface area contributed by atoms with E-state index in [4.69, 9.17) is 10.2 Å². The quantitative estimate of drug-likeness (QED) is 0.304. The van der Waals surface area contributed by atoms with Crippen LogP contribution < -0.4 is 0 Å². The molecule has 128 valence electrons. The van der Waals surface area contributed by atoms with E-state index in [-0.39, 0.29) is 6.42 Å². The summed E-state index contributed by atoms with van der Waals surface area (Å²) >= 11 is 0. The van der Waals surface area contributed by atoms with E-state index in [1.807, 2.05) is 0 Å². The zero-order valence-electron chi connectivity index (χ0n) is 13.8. The molecule has 0 aliphatic rings. The van der Waals surface area contributed by atoms with Crippen LogP contribution in [-0.2, 0) is 9.59 Å². The summed E-state index contributed by atoms with van der Waals surface area (Å²) in [4.78, 5) is 20.6. The third kappa shape index (κ3) is 18.7. The lowest BCUT2D eigenvalue weighted by Gasteiger charge is -2.01. The van der Waals surface area contributed by atoms with Crippen LogP contribution in [-0.4, -0.2) is 22.2 Å². The van der Waals surface area contributed by atoms with Crippen molar-refractivity contribution in [2.24, 2.45) is 0 Å². The Morgan fingerprint density at radius 3 is 1.41 bits per heavy atom. The smallest absolute Gasteiger partial charge is 0.303 e. The van der Waals surface area contributed by atoms with Crippen molar-refractivity contribution in [3.8, 4) is 0 Å². The lowest BCUT2D eigenvalue weighted by Crippen LogP contribution is -1.93. The van der Waals surface area contributed by atoms with Gasteiger partial charge in [-0.05, 0) is 32.1 Å². The summed E-state index contributed by atoms with van der Waals surface area (Å²) in [5.74, 6) is -1.40. The molecule has 2 N–H and O–H groups in total. The average molecular weight is 312 g/mol. The van der Waals surface area contributed by atoms with Crippen molar-refractivity contribution in [2.75, 3.05) is 0 Å². The first-order valence-electron chi connectivity index (χ1n) is 8.71. The monoisotopic (exact) mass is 312 g/mol. The van der Waals surface area contributed by atoms with Gasteiger partial charge < -0.3 is 10.2 Å². The highest BCUT2D eigenvalue weighted by molar-refractivity contribution is 5.66. The molecule has 0 aromatic heterocycles. The summed E-state index contributed by atoms with van der Waals surface area (Å²) in [6.07, 6.45) is 18.1. The maximum Gasteiger partial charge on any atom is 0.303 e. The van der Waals surface area contributed by atoms with Crippen molar-refractivity contribution in [3.05, 3.63) is 12.2 Å². The Balaban J connectivity index is 3.09. The molecular formula is C18H32O4. The second-order valence-corrected chi connectivity index (χ2v) is 5.87. The summed E-state index contributed by atoms with van der Waals surface area (Å²) in [7, 11) is 0. The SMILES string of the molecule is O=C(O)CCC/C=C/CCCCCCCCCCCC(=O)O. The Morgan fingerprint density at radius 2 is 0.909 bits per heavy atom. The largest absolute Gasteiger partial charge is 0.481 e. The lowest BCUT2D eigenvalue weighted by atomic mass is 10.1. The van der Waals surface area contributed by atoms with E-state index in [1.165, 1.54) is 38.5 Å². The number of unbranched alkanes of at least 4 members (excludes halogenated alkanes) is 10. The van der Waals surface area contributed by atoms with Gasteiger partial charge in [0.1, 0.15) is 0 Å². The van der Waals surface area contributed by atoms with Gasteiger partial charge in [-0.25, -0.2) is 0 Å². The molecule has 0 aliphatic carbocycles. The second kappa shape index (κ2) is 16.1. The minimum Gasteiger partial charge on any atom is -0.481 e. The van der Waals surface area contributed by atoms with Crippen LogP contribution in [0.3, 0.4) is 0 Å². The van der Waals surface area contributed by atoms with Gasteiger partial charge in [0.05, 0.1) is 0 Å². The van der Waals surface area contributed by atoms with Crippen LogP contribution in [0, 0.1) is 0 Å². The number of carbonyl (C=O) groups is 2. The van der Waals surface area contributed by atoms with Crippen LogP contribution in [0.2, 0.25) is 0 Å². The maximum absolute atomic E-state index is 10.3. The molecule has 0 unspecified atom stereocenters. The van der Waals surface area contributed by atoms with Crippen LogP contribution in [0.25, 0.3) is 0 Å². The fraction of sp³-hybridized carbons (Fsp3) is 0.778. The summed E-state index contributed by atoms with van der Waals surface area (Å²) in [5, 5.41) is 17.0. The molecule has 0 bridgehead atoms. The summed E-state index contributed by atoms with van der Waals surface area (Å²) in [6.45, 7) is 0. The molecule has 0 radical (unpaired) electrons. The Kier molecular flexibility index (Phi) is 15.1. The molecule has 0 saturated heterocycles. The average Bonchev–Trinajstić information content (AvgIpc) is 2.46. The molecule has 0 aromatic carbocycles. The first kappa shape index (κ1) is 20.7. The highest BCUT2D eigenvalue weighted by Gasteiger charge is 1.96. The van der Waals surface area contributed by atoms with E-state index in [1.54, 1.807) is 0 Å². The topological polar surface area (TPSA) is 74.6 Å². The predicted octanol–water partition coefficient (Wildman–Crippen LogP) is 5.17. The van der Waals surface area contributed by atoms with E-state index in [9.17, 15) is 9.59 Å². The molecule has 0 aromatic rings. The minimum atomic E-state index is -0.713. The Labute approximate surface area is 134 Å². The maximum atomic E-state index is 10.3. The molecule has 0 spiro atoms. The zero-order chi connectivity index (χ0) is 16.5. The number of allylic oxidation sites excluding steroid dienone is 2. The van der Waals surface area contributed by atoms with Gasteiger partial charge in [0.2, 0.25) is 0 Å². The lowest BCUT2D eigenvalue weighted by molar-refractivity contribution is -0.138. The third-order valence-electron chi connectivity index (χ3n) is 3.69. The van der Waals surface area contributed by atoms with Crippen molar-refractivity contribution < 1.29 is 19.8 Å². The summed E-state index contributed by atoms with van der Waals surface area (Å²) < 4.78 is 0. The Hall–Kier alpha value is -1.32. The fourth-order valence-electron chi connectivity index (χ4n) is 2.38. The Morgan fingerprint density at radius 1 is 0.545 bits per heavy atom. The zero-order valence-corrected chi connectivity index (χ0v) is 13.8. The molecule has 4 heteroatoms. The summed E-state index contributed by atoms with van der Waals surface area (Å²) in [5.41, 5.74) is 0. The van der Waals surface area contributed by atoms with Crippen molar-refractivity contribution in [1.82, 2.24) is 0 Å². The van der Waals surface area contributed by atoms with Gasteiger partial charge in [0.25, 0.3) is 0 Å². The van der Waals surface area contributed by atoms with Crippen molar-refractivity contribution >= 4 is 11.9 Å². The molecule has 0 amide bonds. The van der Waals surface area contributed by atoms with Crippen LogP contribution in [0.15, 0.2) is 12.2 Å². The second-order valence-electron chi connectivity index (χ2n) is 5.87. The van der Waals surface area contributed by atoms with Gasteiger partial charge in [-0.15, -0.1) is 0 Å². The minimum absolute atomic E-state index is 0.265. The standard InChI is InChI=1S/C18H32O4/c19-17(20)15-13-11-9-7-5-3-1-2-4-6-8-10-12-14-16-18(21)22/h7,9H,1-6,8,10-16H2,(H,19,20)(H,21,22)/b9-7+. The molecule has 22 heavy (non-hydrogen) atoms. The van der Waals surface area contributed by atoms with Gasteiger partial charge in [-0.1, -0.05) is 57.1 Å². The normalized spacial score (nSPS) is 11.1. The van der Waals surface area contributed by atoms with Gasteiger partial charge in [-0.3, -0.25) is 9.59 Å². The molecule has 4 nitrogen and oxygen atoms in total. The van der Waals surface area contributed by atoms with Crippen molar-refractivity contribution in [3.63, 3.8) is 0 Å². The number of carboxylic acids is 2. The van der Waals surface area contributed by atoms with E-state index in [0.29, 0.717) is 6.42 Å². The summed E-state index contributed by atoms with van der Waals surface area (Å²) in [6, 6.07) is 0. The molecule has 0 aliphatic heterocycles. The van der Waals surface area contributed by atoms with Gasteiger partial charge in [-0.2, -0.15) is 0 Å². The molecule has 0 fully saturated rings. The molecule has 0 atom stereocenters. The van der Waals surface area contributed by atoms with Crippen LogP contribution in [0.1, 0.15) is 89.9 Å². The number of hydrogen-bond donors (Lipinski definition) is 2. The molecule has 0 rings (SSSR count). The van der Waals surface area contributed by atoms with Crippen LogP contribution in [0.4, 0.5) is 0 Å². The number of carboxylic acid groups (broad SMARTS) is 2. The van der Waals surface area contributed by atoms with Gasteiger partial charge in [0, 0.05) is 12.8 Å². The van der Waals surface area contributed by atoms with Crippen LogP contribution in [0.5, 0.6) is 0 Å². The van der Waals surface area contributed by atoms with E-state index >= 15 is 0 Å². The highest BCUT2D eigenvalue weighted by Crippen LogP contribution is 2.11. The van der Waals surface area contributed by atoms with Crippen molar-refractivity contribution in [2.45, 2.75) is 89.9 Å². The number of rotatable bonds is 16. The third-order valence-corrected chi connectivity index (χ3v) is 3.69. The van der Waals surface area contributed by atoms with E-state index in [2.05, 4.69) is 12.2 Å². The Bertz CT molecular complexity index is 310. The van der Waals surface area contributed by atoms with Crippen LogP contribution >= 0.6 is 0 Å². The molecular weight excluding hydrogens is 280 g/mol. The van der Waals surface area contributed by atoms with Gasteiger partial charge >= 0.3 is 11.9 Å². The first-order valence-corrected chi connectivity index (χ1v) is 8.71. The number of hydrogen-bond acceptors (Lipinski definition) is 2. The van der Waals surface area contributed by atoms with Crippen molar-refractivity contribution in [1.29, 1.82) is 0 Å². The molecule has 0 heterocycles. The number of aliphatic carboxylic acids is 2. The van der Waals surface area contributed by atoms with E-state index in [0.717, 1.165) is 38.5 Å². The fourth-order valence-corrected chi connectivity index (χ4v) is 2.38. The molecule has 0 saturated carbocycles. The van der Waals surface area contributed by atoms with E-state index < -0.39 is 11.9 Å². The highest BCUT2D eigenvalue weighted by atomic mass is 16.4. The predicted molar refractivity (Wildman–Crippen MR) is 89.0 cm³/mol.